The van der Waals surface area contributed by atoms with Crippen LogP contribution in [0.25, 0.3) is 0 Å². The smallest absolute Gasteiger partial charge is 0.168 e. The van der Waals surface area contributed by atoms with Gasteiger partial charge in [0.25, 0.3) is 0 Å². The molecule has 0 fully saturated rings. The van der Waals surface area contributed by atoms with E-state index in [9.17, 15) is 4.79 Å². The second-order valence-corrected chi connectivity index (χ2v) is 4.57. The number of ketones is 1. The quantitative estimate of drug-likeness (QED) is 0.755. The van der Waals surface area contributed by atoms with Crippen LogP contribution in [-0.4, -0.2) is 11.8 Å². The van der Waals surface area contributed by atoms with Crippen LogP contribution in [0.5, 0.6) is 0 Å². The van der Waals surface area contributed by atoms with Crippen LogP contribution in [0.3, 0.4) is 0 Å². The highest BCUT2D eigenvalue weighted by Gasteiger charge is 2.19. The number of rotatable bonds is 3. The van der Waals surface area contributed by atoms with Gasteiger partial charge in [-0.1, -0.05) is 6.92 Å². The standard InChI is InChI=1S/C10H15NOS/c1-6-4-9(5-13-6)10(12)7(2)8(3)11/h4-5,7-8H,11H2,1-3H3. The maximum atomic E-state index is 11.7. The largest absolute Gasteiger partial charge is 0.327 e. The van der Waals surface area contributed by atoms with Crippen LogP contribution in [0.2, 0.25) is 0 Å². The topological polar surface area (TPSA) is 43.1 Å². The molecule has 0 saturated heterocycles. The lowest BCUT2D eigenvalue weighted by Gasteiger charge is -2.12. The average Bonchev–Trinajstić information content (AvgIpc) is 2.49. The predicted octanol–water partition coefficient (Wildman–Crippen LogP) is 2.22. The van der Waals surface area contributed by atoms with E-state index in [4.69, 9.17) is 5.73 Å². The summed E-state index contributed by atoms with van der Waals surface area (Å²) in [5, 5.41) is 1.90. The molecule has 0 aliphatic carbocycles. The molecule has 0 bridgehead atoms. The molecule has 0 saturated carbocycles. The minimum atomic E-state index is -0.0889. The third kappa shape index (κ3) is 2.39. The molecule has 1 aromatic heterocycles. The summed E-state index contributed by atoms with van der Waals surface area (Å²) in [6.45, 7) is 5.74. The lowest BCUT2D eigenvalue weighted by Crippen LogP contribution is -2.30. The van der Waals surface area contributed by atoms with Crippen LogP contribution in [0, 0.1) is 12.8 Å². The summed E-state index contributed by atoms with van der Waals surface area (Å²) < 4.78 is 0. The molecule has 72 valence electrons. The summed E-state index contributed by atoms with van der Waals surface area (Å²) in [6, 6.07) is 1.85. The van der Waals surface area contributed by atoms with Crippen molar-refractivity contribution in [2.45, 2.75) is 26.8 Å². The Bertz CT molecular complexity index is 304. The van der Waals surface area contributed by atoms with Gasteiger partial charge in [0, 0.05) is 27.8 Å². The van der Waals surface area contributed by atoms with Crippen LogP contribution in [0.4, 0.5) is 0 Å². The van der Waals surface area contributed by atoms with Gasteiger partial charge in [-0.15, -0.1) is 11.3 Å². The van der Waals surface area contributed by atoms with Crippen LogP contribution in [0.15, 0.2) is 11.4 Å². The number of thiophene rings is 1. The van der Waals surface area contributed by atoms with E-state index in [1.165, 1.54) is 4.88 Å². The van der Waals surface area contributed by atoms with Gasteiger partial charge in [0.15, 0.2) is 5.78 Å². The summed E-state index contributed by atoms with van der Waals surface area (Å²) in [7, 11) is 0. The summed E-state index contributed by atoms with van der Waals surface area (Å²) in [5.74, 6) is 0.0633. The van der Waals surface area contributed by atoms with E-state index in [-0.39, 0.29) is 17.7 Å². The Balaban J connectivity index is 2.79. The van der Waals surface area contributed by atoms with Gasteiger partial charge in [0.1, 0.15) is 0 Å². The first-order valence-electron chi connectivity index (χ1n) is 4.37. The van der Waals surface area contributed by atoms with Crippen LogP contribution in [-0.2, 0) is 0 Å². The van der Waals surface area contributed by atoms with E-state index in [1.807, 2.05) is 32.2 Å². The highest BCUT2D eigenvalue weighted by molar-refractivity contribution is 7.10. The van der Waals surface area contributed by atoms with Gasteiger partial charge in [0.2, 0.25) is 0 Å². The lowest BCUT2D eigenvalue weighted by atomic mass is 9.95. The molecule has 2 atom stereocenters. The number of aryl methyl sites for hydroxylation is 1. The van der Waals surface area contributed by atoms with Crippen molar-refractivity contribution in [1.82, 2.24) is 0 Å². The fourth-order valence-electron chi connectivity index (χ4n) is 1.07. The second kappa shape index (κ2) is 4.03. The minimum Gasteiger partial charge on any atom is -0.327 e. The van der Waals surface area contributed by atoms with Gasteiger partial charge in [-0.25, -0.2) is 0 Å². The van der Waals surface area contributed by atoms with E-state index < -0.39 is 0 Å². The number of Topliss-reactive ketones (excluding diaryl/α,β-unsaturated/α-hetero) is 1. The Kier molecular flexibility index (Phi) is 3.22. The number of carbonyl (C=O) groups is 1. The van der Waals surface area contributed by atoms with E-state index in [0.29, 0.717) is 0 Å². The monoisotopic (exact) mass is 197 g/mol. The maximum absolute atomic E-state index is 11.7. The number of nitrogens with two attached hydrogens (primary N) is 1. The molecule has 2 N–H and O–H groups in total. The molecule has 13 heavy (non-hydrogen) atoms. The van der Waals surface area contributed by atoms with E-state index in [1.54, 1.807) is 11.3 Å². The molecule has 0 aliphatic rings. The summed E-state index contributed by atoms with van der Waals surface area (Å²) in [5.41, 5.74) is 6.46. The predicted molar refractivity (Wildman–Crippen MR) is 56.2 cm³/mol. The number of carbonyl (C=O) groups excluding carboxylic acids is 1. The van der Waals surface area contributed by atoms with Gasteiger partial charge < -0.3 is 5.73 Å². The van der Waals surface area contributed by atoms with Gasteiger partial charge >= 0.3 is 0 Å². The zero-order valence-electron chi connectivity index (χ0n) is 8.20. The fourth-order valence-corrected chi connectivity index (χ4v) is 1.77. The molecule has 3 heteroatoms. The summed E-state index contributed by atoms with van der Waals surface area (Å²) in [6.07, 6.45) is 0. The third-order valence-corrected chi connectivity index (χ3v) is 3.08. The second-order valence-electron chi connectivity index (χ2n) is 3.46. The Morgan fingerprint density at radius 2 is 2.15 bits per heavy atom. The number of hydrogen-bond acceptors (Lipinski definition) is 3. The molecular weight excluding hydrogens is 182 g/mol. The Morgan fingerprint density at radius 1 is 1.54 bits per heavy atom. The van der Waals surface area contributed by atoms with Crippen molar-refractivity contribution < 1.29 is 4.79 Å². The molecular formula is C10H15NOS. The minimum absolute atomic E-state index is 0.0762. The Morgan fingerprint density at radius 3 is 2.54 bits per heavy atom. The molecule has 0 aliphatic heterocycles. The Hall–Kier alpha value is -0.670. The normalized spacial score (nSPS) is 15.4. The molecule has 2 nitrogen and oxygen atoms in total. The van der Waals surface area contributed by atoms with Crippen LogP contribution >= 0.6 is 11.3 Å². The van der Waals surface area contributed by atoms with E-state index in [2.05, 4.69) is 0 Å². The van der Waals surface area contributed by atoms with Gasteiger partial charge in [-0.3, -0.25) is 4.79 Å². The highest BCUT2D eigenvalue weighted by Crippen LogP contribution is 2.17. The van der Waals surface area contributed by atoms with Crippen LogP contribution < -0.4 is 5.73 Å². The molecule has 0 amide bonds. The van der Waals surface area contributed by atoms with Gasteiger partial charge in [0.05, 0.1) is 0 Å². The van der Waals surface area contributed by atoms with Crippen molar-refractivity contribution in [3.05, 3.63) is 21.9 Å². The maximum Gasteiger partial charge on any atom is 0.168 e. The van der Waals surface area contributed by atoms with Crippen molar-refractivity contribution >= 4 is 17.1 Å². The number of hydrogen-bond donors (Lipinski definition) is 1. The first-order chi connectivity index (χ1) is 6.02. The summed E-state index contributed by atoms with van der Waals surface area (Å²) in [4.78, 5) is 12.9. The first kappa shape index (κ1) is 10.4. The zero-order valence-corrected chi connectivity index (χ0v) is 9.02. The third-order valence-electron chi connectivity index (χ3n) is 2.22. The van der Waals surface area contributed by atoms with Crippen LogP contribution in [0.1, 0.15) is 29.1 Å². The van der Waals surface area contributed by atoms with E-state index in [0.717, 1.165) is 5.56 Å². The summed E-state index contributed by atoms with van der Waals surface area (Å²) >= 11 is 1.60. The van der Waals surface area contributed by atoms with Crippen molar-refractivity contribution in [3.63, 3.8) is 0 Å². The fraction of sp³-hybridized carbons (Fsp3) is 0.500. The van der Waals surface area contributed by atoms with Gasteiger partial charge in [-0.05, 0) is 19.9 Å². The molecule has 1 aromatic rings. The lowest BCUT2D eigenvalue weighted by molar-refractivity contribution is 0.0917. The Labute approximate surface area is 82.8 Å². The average molecular weight is 197 g/mol. The molecule has 1 rings (SSSR count). The molecule has 0 spiro atoms. The van der Waals surface area contributed by atoms with Crippen molar-refractivity contribution in [2.75, 3.05) is 0 Å². The SMILES string of the molecule is Cc1cc(C(=O)C(C)C(C)N)cs1. The van der Waals surface area contributed by atoms with Crippen molar-refractivity contribution in [1.29, 1.82) is 0 Å². The molecule has 0 radical (unpaired) electrons. The van der Waals surface area contributed by atoms with Crippen molar-refractivity contribution in [2.24, 2.45) is 11.7 Å². The molecule has 2 unspecified atom stereocenters. The molecule has 1 heterocycles. The highest BCUT2D eigenvalue weighted by atomic mass is 32.1. The van der Waals surface area contributed by atoms with Gasteiger partial charge in [-0.2, -0.15) is 0 Å². The van der Waals surface area contributed by atoms with E-state index >= 15 is 0 Å². The first-order valence-corrected chi connectivity index (χ1v) is 5.25. The zero-order chi connectivity index (χ0) is 10.0. The van der Waals surface area contributed by atoms with Crippen molar-refractivity contribution in [3.8, 4) is 0 Å². The molecule has 0 aromatic carbocycles.